The summed E-state index contributed by atoms with van der Waals surface area (Å²) < 4.78 is 30.5. The van der Waals surface area contributed by atoms with Crippen molar-refractivity contribution in [1.82, 2.24) is 5.32 Å². The molecule has 0 saturated heterocycles. The van der Waals surface area contributed by atoms with E-state index in [1.165, 1.54) is 13.0 Å². The highest BCUT2D eigenvalue weighted by molar-refractivity contribution is 5.96. The number of hydrogen-bond donors (Lipinski definition) is 3. The molecule has 0 fully saturated rings. The van der Waals surface area contributed by atoms with E-state index in [0.717, 1.165) is 0 Å². The lowest BCUT2D eigenvalue weighted by Crippen LogP contribution is -2.35. The second kappa shape index (κ2) is 5.80. The zero-order valence-electron chi connectivity index (χ0n) is 12.5. The van der Waals surface area contributed by atoms with Gasteiger partial charge in [-0.15, -0.1) is 0 Å². The van der Waals surface area contributed by atoms with Crippen LogP contribution in [0.2, 0.25) is 0 Å². The predicted molar refractivity (Wildman–Crippen MR) is 63.2 cm³/mol. The van der Waals surface area contributed by atoms with E-state index in [9.17, 15) is 0 Å². The van der Waals surface area contributed by atoms with Gasteiger partial charge >= 0.3 is 0 Å². The van der Waals surface area contributed by atoms with Crippen LogP contribution in [0.3, 0.4) is 0 Å². The molecule has 4 heteroatoms. The van der Waals surface area contributed by atoms with E-state index in [1.807, 2.05) is 0 Å². The molecule has 0 unspecified atom stereocenters. The number of guanidine groups is 1. The van der Waals surface area contributed by atoms with E-state index in [4.69, 9.17) is 16.6 Å². The highest BCUT2D eigenvalue weighted by Gasteiger charge is 1.92. The summed E-state index contributed by atoms with van der Waals surface area (Å²) >= 11 is 0. The fourth-order valence-corrected chi connectivity index (χ4v) is 0.959. The van der Waals surface area contributed by atoms with Crippen molar-refractivity contribution < 1.29 is 5.48 Å². The third kappa shape index (κ3) is 4.81. The molecule has 0 aliphatic rings. The molecular formula is C11H16N4. The van der Waals surface area contributed by atoms with Gasteiger partial charge in [0.15, 0.2) is 5.96 Å². The third-order valence-corrected chi connectivity index (χ3v) is 1.55. The molecule has 0 aliphatic carbocycles. The molecule has 0 amide bonds. The molecule has 1 aromatic carbocycles. The van der Waals surface area contributed by atoms with Gasteiger partial charge in [0.05, 0.1) is 11.3 Å². The van der Waals surface area contributed by atoms with E-state index >= 15 is 0 Å². The van der Waals surface area contributed by atoms with Gasteiger partial charge in [0, 0.05) is 6.54 Å². The van der Waals surface area contributed by atoms with Gasteiger partial charge in [-0.3, -0.25) is 10.4 Å². The molecule has 0 bridgehead atoms. The fraction of sp³-hybridized carbons (Fsp3) is 0.273. The topological polar surface area (TPSA) is 74.3 Å². The number of nitrogens with two attached hydrogens (primary N) is 1. The number of amidine groups is 1. The summed E-state index contributed by atoms with van der Waals surface area (Å²) in [5.41, 5.74) is 5.82. The molecule has 0 radical (unpaired) electrons. The highest BCUT2D eigenvalue weighted by Crippen LogP contribution is 1.98. The Labute approximate surface area is 95.3 Å². The van der Waals surface area contributed by atoms with Crippen molar-refractivity contribution in [2.24, 2.45) is 10.7 Å². The Bertz CT molecular complexity index is 502. The van der Waals surface area contributed by atoms with Crippen LogP contribution in [0.4, 0.5) is 0 Å². The summed E-state index contributed by atoms with van der Waals surface area (Å²) in [6, 6.07) is 0.950. The summed E-state index contributed by atoms with van der Waals surface area (Å²) in [5.74, 6) is 0.267. The maximum absolute atomic E-state index is 7.71. The van der Waals surface area contributed by atoms with Crippen molar-refractivity contribution in [3.8, 4) is 0 Å². The maximum atomic E-state index is 7.71. The zero-order chi connectivity index (χ0) is 14.6. The Balaban J connectivity index is 2.81. The van der Waals surface area contributed by atoms with Crippen molar-refractivity contribution in [2.75, 3.05) is 6.54 Å². The van der Waals surface area contributed by atoms with Crippen molar-refractivity contribution in [3.63, 3.8) is 0 Å². The van der Waals surface area contributed by atoms with E-state index in [2.05, 4.69) is 10.3 Å². The average Bonchev–Trinajstić information content (AvgIpc) is 2.30. The lowest BCUT2D eigenvalue weighted by molar-refractivity contribution is 0.955. The third-order valence-electron chi connectivity index (χ3n) is 1.55. The van der Waals surface area contributed by atoms with Crippen molar-refractivity contribution in [1.29, 1.82) is 5.41 Å². The predicted octanol–water partition coefficient (Wildman–Crippen LogP) is 1.13. The molecule has 4 N–H and O–H groups in total. The molecule has 1 rings (SSSR count). The normalized spacial score (nSPS) is 14.9. The lowest BCUT2D eigenvalue weighted by Gasteiger charge is -2.02. The Hall–Kier alpha value is -1.84. The molecule has 80 valence electrons. The maximum Gasteiger partial charge on any atom is 0.194 e. The molecule has 0 spiro atoms. The lowest BCUT2D eigenvalue weighted by atomic mass is 10.2. The Kier molecular flexibility index (Phi) is 2.55. The van der Waals surface area contributed by atoms with Gasteiger partial charge in [0.1, 0.15) is 0 Å². The minimum Gasteiger partial charge on any atom is -0.370 e. The summed E-state index contributed by atoms with van der Waals surface area (Å²) in [5, 5.41) is 9.69. The van der Waals surface area contributed by atoms with Crippen molar-refractivity contribution in [3.05, 3.63) is 35.8 Å². The van der Waals surface area contributed by atoms with Gasteiger partial charge in [-0.05, 0) is 18.9 Å². The van der Waals surface area contributed by atoms with Gasteiger partial charge < -0.3 is 11.1 Å². The number of nitrogens with zero attached hydrogens (tertiary/aromatic N) is 1. The first-order chi connectivity index (χ1) is 8.82. The first kappa shape index (κ1) is 6.61. The van der Waals surface area contributed by atoms with Gasteiger partial charge in [0.25, 0.3) is 0 Å². The number of aliphatic imine (C=N–C) groups is 1. The van der Waals surface area contributed by atoms with E-state index in [1.54, 1.807) is 0 Å². The first-order valence-electron chi connectivity index (χ1n) is 6.51. The SMILES string of the molecule is [2H]c1cc([2H])c([2H])c(CCN=C(N)NC(C)=N)c1[2H]. The average molecular weight is 208 g/mol. The van der Waals surface area contributed by atoms with E-state index in [-0.39, 0.29) is 48.9 Å². The van der Waals surface area contributed by atoms with Crippen molar-refractivity contribution >= 4 is 11.8 Å². The van der Waals surface area contributed by atoms with Gasteiger partial charge in [-0.2, -0.15) is 0 Å². The van der Waals surface area contributed by atoms with Crippen LogP contribution in [0.5, 0.6) is 0 Å². The smallest absolute Gasteiger partial charge is 0.194 e. The summed E-state index contributed by atoms with van der Waals surface area (Å²) in [4.78, 5) is 3.95. The van der Waals surface area contributed by atoms with Crippen LogP contribution in [0.1, 0.15) is 18.0 Å². The molecular weight excluding hydrogens is 188 g/mol. The monoisotopic (exact) mass is 208 g/mol. The molecule has 0 aliphatic heterocycles. The zero-order valence-corrected chi connectivity index (χ0v) is 8.52. The summed E-state index contributed by atoms with van der Waals surface area (Å²) in [6.07, 6.45) is 0.260. The van der Waals surface area contributed by atoms with Gasteiger partial charge in [-0.1, -0.05) is 30.2 Å². The molecule has 0 saturated carbocycles. The van der Waals surface area contributed by atoms with Crippen LogP contribution in [-0.2, 0) is 6.42 Å². The summed E-state index contributed by atoms with van der Waals surface area (Å²) in [7, 11) is 0. The molecule has 1 aromatic rings. The molecule has 4 nitrogen and oxygen atoms in total. The van der Waals surface area contributed by atoms with Crippen molar-refractivity contribution in [2.45, 2.75) is 13.3 Å². The number of rotatable bonds is 3. The number of hydrogen-bond acceptors (Lipinski definition) is 2. The Morgan fingerprint density at radius 3 is 2.87 bits per heavy atom. The van der Waals surface area contributed by atoms with Crippen LogP contribution in [0.15, 0.2) is 35.2 Å². The van der Waals surface area contributed by atoms with Crippen LogP contribution < -0.4 is 11.1 Å². The highest BCUT2D eigenvalue weighted by atomic mass is 15.1. The van der Waals surface area contributed by atoms with E-state index < -0.39 is 0 Å². The quantitative estimate of drug-likeness (QED) is 0.514. The Morgan fingerprint density at radius 2 is 2.27 bits per heavy atom. The summed E-state index contributed by atoms with van der Waals surface area (Å²) in [6.45, 7) is 1.76. The standard InChI is InChI=1S/C11H16N4/c1-9(12)15-11(13)14-8-7-10-5-3-2-4-6-10/h2-6H,7-8H2,1H3,(H4,12,13,14,15)/i3D,4D,5D,6D. The molecule has 0 aromatic heterocycles. The minimum atomic E-state index is -0.0681. The van der Waals surface area contributed by atoms with Gasteiger partial charge in [0.2, 0.25) is 0 Å². The Morgan fingerprint density at radius 1 is 1.60 bits per heavy atom. The molecule has 15 heavy (non-hydrogen) atoms. The van der Waals surface area contributed by atoms with Crippen LogP contribution in [0, 0.1) is 5.41 Å². The van der Waals surface area contributed by atoms with Crippen LogP contribution in [0.25, 0.3) is 0 Å². The molecule has 0 atom stereocenters. The first-order valence-corrected chi connectivity index (χ1v) is 4.51. The second-order valence-electron chi connectivity index (χ2n) is 2.93. The number of benzene rings is 1. The number of nitrogens with one attached hydrogen (secondary N) is 2. The molecule has 0 heterocycles. The fourth-order valence-electron chi connectivity index (χ4n) is 0.959. The van der Waals surface area contributed by atoms with Crippen LogP contribution >= 0.6 is 0 Å². The second-order valence-corrected chi connectivity index (χ2v) is 2.93. The largest absolute Gasteiger partial charge is 0.370 e. The van der Waals surface area contributed by atoms with E-state index in [0.29, 0.717) is 5.56 Å². The van der Waals surface area contributed by atoms with Crippen LogP contribution in [-0.4, -0.2) is 18.3 Å². The minimum absolute atomic E-state index is 0.0500. The van der Waals surface area contributed by atoms with Gasteiger partial charge in [-0.25, -0.2) is 0 Å².